The number of benzene rings is 2. The monoisotopic (exact) mass is 393 g/mol. The summed E-state index contributed by atoms with van der Waals surface area (Å²) in [5.41, 5.74) is 4.61. The van der Waals surface area contributed by atoms with Crippen LogP contribution in [-0.4, -0.2) is 32.1 Å². The van der Waals surface area contributed by atoms with Crippen molar-refractivity contribution >= 4 is 11.6 Å². The summed E-state index contributed by atoms with van der Waals surface area (Å²) >= 11 is 0. The Morgan fingerprint density at radius 1 is 1.17 bits per heavy atom. The number of methoxy groups -OCH3 is 1. The molecule has 0 radical (unpaired) electrons. The van der Waals surface area contributed by atoms with Gasteiger partial charge in [-0.3, -0.25) is 4.79 Å². The predicted octanol–water partition coefficient (Wildman–Crippen LogP) is 3.58. The second kappa shape index (κ2) is 8.56. The lowest BCUT2D eigenvalue weighted by atomic mass is 9.89. The van der Waals surface area contributed by atoms with Crippen LogP contribution in [0.4, 0.5) is 5.69 Å². The summed E-state index contributed by atoms with van der Waals surface area (Å²) in [6.45, 7) is 2.97. The van der Waals surface area contributed by atoms with Crippen molar-refractivity contribution in [3.8, 4) is 5.75 Å². The molecular weight excluding hydrogens is 362 g/mol. The molecule has 0 bridgehead atoms. The fraction of sp³-hybridized carbons (Fsp3) is 0.458. The van der Waals surface area contributed by atoms with Gasteiger partial charge in [0.15, 0.2) is 0 Å². The van der Waals surface area contributed by atoms with Crippen LogP contribution in [0.1, 0.15) is 48.9 Å². The molecule has 0 spiro atoms. The Morgan fingerprint density at radius 3 is 2.72 bits per heavy atom. The summed E-state index contributed by atoms with van der Waals surface area (Å²) in [5.74, 6) is 1.07. The van der Waals surface area contributed by atoms with E-state index in [4.69, 9.17) is 4.74 Å². The summed E-state index contributed by atoms with van der Waals surface area (Å²) in [4.78, 5) is 13.9. The number of hydrogen-bond donors (Lipinski definition) is 2. The summed E-state index contributed by atoms with van der Waals surface area (Å²) in [7, 11) is 3.58. The van der Waals surface area contributed by atoms with Gasteiger partial charge in [0.1, 0.15) is 5.75 Å². The molecule has 2 aliphatic rings. The van der Waals surface area contributed by atoms with Gasteiger partial charge in [-0.1, -0.05) is 30.3 Å². The van der Waals surface area contributed by atoms with Crippen molar-refractivity contribution in [2.45, 2.75) is 57.3 Å². The molecule has 3 atom stereocenters. The predicted molar refractivity (Wildman–Crippen MR) is 116 cm³/mol. The maximum Gasteiger partial charge on any atom is 0.227 e. The van der Waals surface area contributed by atoms with Gasteiger partial charge >= 0.3 is 0 Å². The van der Waals surface area contributed by atoms with E-state index < -0.39 is 0 Å². The zero-order valence-corrected chi connectivity index (χ0v) is 17.6. The molecule has 154 valence electrons. The molecule has 0 saturated carbocycles. The molecular formula is C24H31N3O2. The molecule has 2 aliphatic heterocycles. The van der Waals surface area contributed by atoms with Crippen molar-refractivity contribution in [3.63, 3.8) is 0 Å². The molecule has 5 heteroatoms. The van der Waals surface area contributed by atoms with Crippen LogP contribution in [-0.2, 0) is 17.8 Å². The van der Waals surface area contributed by atoms with Crippen molar-refractivity contribution in [1.29, 1.82) is 0 Å². The smallest absolute Gasteiger partial charge is 0.227 e. The zero-order valence-electron chi connectivity index (χ0n) is 17.6. The standard InChI is InChI=1S/C24H31N3O2/c1-16-9-11-20(24(26-16)17-7-5-4-6-8-17)25-15-19-13-21-18(14-22(19)29-3)10-12-23(28)27(21)2/h4-8,13-14,16,20,24-26H,9-12,15H2,1-3H3/t16-,20+,24+/m0/s1. The topological polar surface area (TPSA) is 53.6 Å². The number of amides is 1. The molecule has 1 fully saturated rings. The molecule has 2 aromatic carbocycles. The van der Waals surface area contributed by atoms with Crippen molar-refractivity contribution < 1.29 is 9.53 Å². The Hall–Kier alpha value is -2.37. The molecule has 2 N–H and O–H groups in total. The quantitative estimate of drug-likeness (QED) is 0.815. The first kappa shape index (κ1) is 19.9. The van der Waals surface area contributed by atoms with Crippen LogP contribution in [0.15, 0.2) is 42.5 Å². The fourth-order valence-electron chi connectivity index (χ4n) is 4.59. The van der Waals surface area contributed by atoms with Gasteiger partial charge in [-0.25, -0.2) is 0 Å². The summed E-state index contributed by atoms with van der Waals surface area (Å²) < 4.78 is 5.68. The Kier molecular flexibility index (Phi) is 5.88. The third-order valence-electron chi connectivity index (χ3n) is 6.32. The minimum atomic E-state index is 0.177. The summed E-state index contributed by atoms with van der Waals surface area (Å²) in [6, 6.07) is 16.0. The van der Waals surface area contributed by atoms with Crippen molar-refractivity contribution in [1.82, 2.24) is 10.6 Å². The van der Waals surface area contributed by atoms with Crippen molar-refractivity contribution in [2.24, 2.45) is 0 Å². The lowest BCUT2D eigenvalue weighted by molar-refractivity contribution is -0.118. The van der Waals surface area contributed by atoms with Crippen LogP contribution in [0.25, 0.3) is 0 Å². The van der Waals surface area contributed by atoms with E-state index in [1.165, 1.54) is 11.1 Å². The van der Waals surface area contributed by atoms with Gasteiger partial charge in [0.2, 0.25) is 5.91 Å². The second-order valence-electron chi connectivity index (χ2n) is 8.27. The molecule has 1 saturated heterocycles. The molecule has 4 rings (SSSR count). The lowest BCUT2D eigenvalue weighted by Crippen LogP contribution is -2.49. The Balaban J connectivity index is 1.55. The van der Waals surface area contributed by atoms with E-state index in [1.807, 2.05) is 7.05 Å². The Labute approximate surface area is 173 Å². The highest BCUT2D eigenvalue weighted by molar-refractivity contribution is 5.96. The number of hydrogen-bond acceptors (Lipinski definition) is 4. The largest absolute Gasteiger partial charge is 0.496 e. The maximum absolute atomic E-state index is 12.1. The Morgan fingerprint density at radius 2 is 1.97 bits per heavy atom. The average molecular weight is 394 g/mol. The third kappa shape index (κ3) is 4.16. The van der Waals surface area contributed by atoms with Gasteiger partial charge in [-0.05, 0) is 49.4 Å². The highest BCUT2D eigenvalue weighted by atomic mass is 16.5. The number of aryl methyl sites for hydroxylation is 1. The minimum Gasteiger partial charge on any atom is -0.496 e. The van der Waals surface area contributed by atoms with E-state index in [0.717, 1.165) is 36.3 Å². The zero-order chi connectivity index (χ0) is 20.4. The number of nitrogens with zero attached hydrogens (tertiary/aromatic N) is 1. The molecule has 2 heterocycles. The molecule has 5 nitrogen and oxygen atoms in total. The van der Waals surface area contributed by atoms with E-state index in [-0.39, 0.29) is 11.9 Å². The number of anilines is 1. The van der Waals surface area contributed by atoms with E-state index in [1.54, 1.807) is 12.0 Å². The van der Waals surface area contributed by atoms with Crippen LogP contribution in [0.2, 0.25) is 0 Å². The lowest BCUT2D eigenvalue weighted by Gasteiger charge is -2.37. The fourth-order valence-corrected chi connectivity index (χ4v) is 4.59. The molecule has 1 amide bonds. The number of rotatable bonds is 5. The van der Waals surface area contributed by atoms with Crippen LogP contribution >= 0.6 is 0 Å². The molecule has 0 aliphatic carbocycles. The minimum absolute atomic E-state index is 0.177. The normalized spacial score (nSPS) is 24.3. The van der Waals surface area contributed by atoms with Crippen molar-refractivity contribution in [2.75, 3.05) is 19.1 Å². The first-order valence-electron chi connectivity index (χ1n) is 10.6. The number of nitrogens with one attached hydrogen (secondary N) is 2. The number of fused-ring (bicyclic) bond motifs is 1. The van der Waals surface area contributed by atoms with E-state index in [9.17, 15) is 4.79 Å². The van der Waals surface area contributed by atoms with Gasteiger partial charge in [-0.2, -0.15) is 0 Å². The number of carbonyl (C=O) groups excluding carboxylic acids is 1. The van der Waals surface area contributed by atoms with E-state index >= 15 is 0 Å². The van der Waals surface area contributed by atoms with Gasteiger partial charge < -0.3 is 20.3 Å². The van der Waals surface area contributed by atoms with Gasteiger partial charge in [0.25, 0.3) is 0 Å². The van der Waals surface area contributed by atoms with Crippen LogP contribution in [0, 0.1) is 0 Å². The van der Waals surface area contributed by atoms with Gasteiger partial charge in [0.05, 0.1) is 7.11 Å². The van der Waals surface area contributed by atoms with Crippen LogP contribution in [0.5, 0.6) is 5.75 Å². The summed E-state index contributed by atoms with van der Waals surface area (Å²) in [6.07, 6.45) is 3.62. The highest BCUT2D eigenvalue weighted by Gasteiger charge is 2.29. The number of carbonyl (C=O) groups is 1. The highest BCUT2D eigenvalue weighted by Crippen LogP contribution is 2.34. The third-order valence-corrected chi connectivity index (χ3v) is 6.32. The van der Waals surface area contributed by atoms with Crippen LogP contribution in [0.3, 0.4) is 0 Å². The molecule has 29 heavy (non-hydrogen) atoms. The Bertz CT molecular complexity index is 868. The van der Waals surface area contributed by atoms with E-state index in [2.05, 4.69) is 60.0 Å². The van der Waals surface area contributed by atoms with E-state index in [0.29, 0.717) is 25.0 Å². The van der Waals surface area contributed by atoms with Crippen LogP contribution < -0.4 is 20.3 Å². The number of piperidine rings is 1. The molecule has 0 unspecified atom stereocenters. The van der Waals surface area contributed by atoms with Gasteiger partial charge in [-0.15, -0.1) is 0 Å². The second-order valence-corrected chi connectivity index (χ2v) is 8.27. The first-order valence-corrected chi connectivity index (χ1v) is 10.6. The summed E-state index contributed by atoms with van der Waals surface area (Å²) in [5, 5.41) is 7.53. The average Bonchev–Trinajstić information content (AvgIpc) is 2.75. The van der Waals surface area contributed by atoms with Gasteiger partial charge in [0, 0.05) is 49.4 Å². The maximum atomic E-state index is 12.1. The van der Waals surface area contributed by atoms with Crippen molar-refractivity contribution in [3.05, 3.63) is 59.2 Å². The SMILES string of the molecule is COc1cc2c(cc1CN[C@@H]1CC[C@H](C)N[C@@H]1c1ccccc1)N(C)C(=O)CC2. The molecule has 2 aromatic rings. The number of ether oxygens (including phenoxy) is 1. The molecule has 0 aromatic heterocycles. The first-order chi connectivity index (χ1) is 14.1.